The average Bonchev–Trinajstić information content (AvgIpc) is 3.08. The average molecular weight is 395 g/mol. The number of aromatic nitrogens is 1. The highest BCUT2D eigenvalue weighted by atomic mass is 35.5. The molecule has 27 heavy (non-hydrogen) atoms. The molecule has 2 aromatic rings. The first-order valence-corrected chi connectivity index (χ1v) is 8.16. The van der Waals surface area contributed by atoms with Crippen LogP contribution in [0.5, 0.6) is 0 Å². The number of halogens is 3. The molecule has 0 fully saturated rings. The van der Waals surface area contributed by atoms with Crippen LogP contribution in [0.1, 0.15) is 5.56 Å². The van der Waals surface area contributed by atoms with Gasteiger partial charge in [0.05, 0.1) is 11.6 Å². The van der Waals surface area contributed by atoms with Crippen molar-refractivity contribution < 1.29 is 13.7 Å². The van der Waals surface area contributed by atoms with Gasteiger partial charge in [-0.3, -0.25) is 4.99 Å². The lowest BCUT2D eigenvalue weighted by atomic mass is 10.2. The third-order valence-corrected chi connectivity index (χ3v) is 3.92. The van der Waals surface area contributed by atoms with Crippen LogP contribution in [0.3, 0.4) is 0 Å². The first-order chi connectivity index (χ1) is 13.0. The van der Waals surface area contributed by atoms with Gasteiger partial charge in [0.15, 0.2) is 11.6 Å². The van der Waals surface area contributed by atoms with Crippen molar-refractivity contribution in [3.8, 4) is 0 Å². The molecule has 0 unspecified atom stereocenters. The second-order valence-corrected chi connectivity index (χ2v) is 5.91. The van der Waals surface area contributed by atoms with E-state index in [2.05, 4.69) is 20.5 Å². The zero-order valence-electron chi connectivity index (χ0n) is 13.8. The Morgan fingerprint density at radius 3 is 2.89 bits per heavy atom. The molecule has 140 valence electrons. The molecule has 8 nitrogen and oxygen atoms in total. The summed E-state index contributed by atoms with van der Waals surface area (Å²) >= 11 is 5.75. The lowest BCUT2D eigenvalue weighted by Gasteiger charge is -2.18. The fourth-order valence-electron chi connectivity index (χ4n) is 2.44. The van der Waals surface area contributed by atoms with Gasteiger partial charge in [0.2, 0.25) is 5.84 Å². The fraction of sp³-hybridized carbons (Fsp3) is 0.188. The van der Waals surface area contributed by atoms with Crippen molar-refractivity contribution in [1.82, 2.24) is 9.88 Å². The van der Waals surface area contributed by atoms with Gasteiger partial charge in [-0.05, 0) is 28.7 Å². The Morgan fingerprint density at radius 2 is 2.19 bits per heavy atom. The number of aliphatic imine (C=N–C) groups is 1. The third kappa shape index (κ3) is 4.34. The molecule has 0 saturated heterocycles. The highest BCUT2D eigenvalue weighted by molar-refractivity contribution is 6.37. The van der Waals surface area contributed by atoms with E-state index in [0.29, 0.717) is 24.8 Å². The number of nitrogens with zero attached hydrogens (tertiary/aromatic N) is 5. The maximum atomic E-state index is 13.7. The van der Waals surface area contributed by atoms with Crippen LogP contribution in [0.15, 0.2) is 46.6 Å². The van der Waals surface area contributed by atoms with Crippen molar-refractivity contribution in [2.24, 2.45) is 10.1 Å². The Labute approximate surface area is 157 Å². The van der Waals surface area contributed by atoms with Gasteiger partial charge in [0.25, 0.3) is 0 Å². The zero-order valence-corrected chi connectivity index (χ0v) is 14.5. The van der Waals surface area contributed by atoms with Crippen molar-refractivity contribution in [3.63, 3.8) is 0 Å². The standard InChI is InChI=1S/C16H13ClF2N6O2/c17-13-5-4-10(8-21-13)9-24-7-6-20-15(24)16(25(26)27)23-22-12-3-1-2-11(18)14(12)19/h1-5,8,22H,6-7,9H2/b23-16-. The van der Waals surface area contributed by atoms with Gasteiger partial charge in [0, 0.05) is 19.3 Å². The summed E-state index contributed by atoms with van der Waals surface area (Å²) in [5.74, 6) is -2.83. The van der Waals surface area contributed by atoms with Crippen LogP contribution in [-0.4, -0.2) is 39.6 Å². The van der Waals surface area contributed by atoms with Crippen molar-refractivity contribution >= 4 is 29.0 Å². The fourth-order valence-corrected chi connectivity index (χ4v) is 2.56. The maximum absolute atomic E-state index is 13.7. The van der Waals surface area contributed by atoms with Gasteiger partial charge < -0.3 is 15.0 Å². The first kappa shape index (κ1) is 18.6. The zero-order chi connectivity index (χ0) is 19.4. The van der Waals surface area contributed by atoms with E-state index in [-0.39, 0.29) is 11.5 Å². The maximum Gasteiger partial charge on any atom is 0.430 e. The summed E-state index contributed by atoms with van der Waals surface area (Å²) in [5, 5.41) is 15.4. The van der Waals surface area contributed by atoms with E-state index in [1.807, 2.05) is 0 Å². The summed E-state index contributed by atoms with van der Waals surface area (Å²) < 4.78 is 26.9. The lowest BCUT2D eigenvalue weighted by molar-refractivity contribution is -0.346. The molecule has 1 aromatic carbocycles. The van der Waals surface area contributed by atoms with E-state index in [0.717, 1.165) is 11.6 Å². The minimum Gasteiger partial charge on any atom is -0.358 e. The molecule has 0 atom stereocenters. The van der Waals surface area contributed by atoms with E-state index in [1.165, 1.54) is 12.1 Å². The molecule has 1 N–H and O–H groups in total. The molecule has 2 heterocycles. The van der Waals surface area contributed by atoms with Crippen molar-refractivity contribution in [1.29, 1.82) is 0 Å². The molecule has 0 aliphatic carbocycles. The van der Waals surface area contributed by atoms with E-state index >= 15 is 0 Å². The molecule has 1 aromatic heterocycles. The Hall–Kier alpha value is -3.14. The molecule has 1 aliphatic rings. The Bertz CT molecular complexity index is 920. The molecule has 11 heteroatoms. The molecule has 0 bridgehead atoms. The lowest BCUT2D eigenvalue weighted by Crippen LogP contribution is -2.37. The number of pyridine rings is 1. The van der Waals surface area contributed by atoms with Gasteiger partial charge in [-0.1, -0.05) is 23.7 Å². The summed E-state index contributed by atoms with van der Waals surface area (Å²) in [5.41, 5.74) is 2.66. The minimum absolute atomic E-state index is 0.0410. The number of benzene rings is 1. The summed E-state index contributed by atoms with van der Waals surface area (Å²) in [6, 6.07) is 6.76. The Morgan fingerprint density at radius 1 is 1.37 bits per heavy atom. The summed E-state index contributed by atoms with van der Waals surface area (Å²) in [6.07, 6.45) is 1.56. The van der Waals surface area contributed by atoms with Crippen molar-refractivity contribution in [3.05, 3.63) is 69.0 Å². The largest absolute Gasteiger partial charge is 0.430 e. The smallest absolute Gasteiger partial charge is 0.358 e. The SMILES string of the molecule is O=[N+]([O-])/C(=N\Nc1cccc(F)c1F)C1=NCCN1Cc1ccc(Cl)nc1. The van der Waals surface area contributed by atoms with Crippen molar-refractivity contribution in [2.75, 3.05) is 18.5 Å². The van der Waals surface area contributed by atoms with Crippen molar-refractivity contribution in [2.45, 2.75) is 6.54 Å². The van der Waals surface area contributed by atoms with Gasteiger partial charge in [-0.25, -0.2) is 13.8 Å². The number of amidine groups is 2. The topological polar surface area (TPSA) is 96.0 Å². The second kappa shape index (κ2) is 8.04. The summed E-state index contributed by atoms with van der Waals surface area (Å²) in [4.78, 5) is 20.4. The highest BCUT2D eigenvalue weighted by Crippen LogP contribution is 2.17. The first-order valence-electron chi connectivity index (χ1n) is 7.78. The molecular formula is C16H13ClF2N6O2. The number of rotatable bonds is 5. The Kier molecular flexibility index (Phi) is 5.55. The molecule has 0 spiro atoms. The number of hydrazone groups is 1. The van der Waals surface area contributed by atoms with Crippen LogP contribution in [0.25, 0.3) is 0 Å². The molecule has 3 rings (SSSR count). The predicted molar refractivity (Wildman–Crippen MR) is 96.4 cm³/mol. The number of hydrogen-bond donors (Lipinski definition) is 1. The number of anilines is 1. The van der Waals surface area contributed by atoms with Crippen LogP contribution >= 0.6 is 11.6 Å². The number of nitro groups is 1. The van der Waals surface area contributed by atoms with Gasteiger partial charge in [-0.15, -0.1) is 0 Å². The second-order valence-electron chi connectivity index (χ2n) is 5.52. The molecule has 0 amide bonds. The quantitative estimate of drug-likeness (QED) is 0.276. The van der Waals surface area contributed by atoms with Crippen LogP contribution in [0.4, 0.5) is 14.5 Å². The van der Waals surface area contributed by atoms with E-state index < -0.39 is 22.4 Å². The van der Waals surface area contributed by atoms with E-state index in [4.69, 9.17) is 11.6 Å². The number of nitrogens with one attached hydrogen (secondary N) is 1. The number of hydrogen-bond acceptors (Lipinski definition) is 7. The molecule has 0 saturated carbocycles. The highest BCUT2D eigenvalue weighted by Gasteiger charge is 2.31. The van der Waals surface area contributed by atoms with Crippen LogP contribution in [0.2, 0.25) is 5.15 Å². The summed E-state index contributed by atoms with van der Waals surface area (Å²) in [7, 11) is 0. The van der Waals surface area contributed by atoms with Crippen LogP contribution < -0.4 is 5.43 Å². The molecule has 1 aliphatic heterocycles. The van der Waals surface area contributed by atoms with Gasteiger partial charge in [-0.2, -0.15) is 5.43 Å². The molecular weight excluding hydrogens is 382 g/mol. The molecule has 0 radical (unpaired) electrons. The monoisotopic (exact) mass is 394 g/mol. The summed E-state index contributed by atoms with van der Waals surface area (Å²) in [6.45, 7) is 1.10. The Balaban J connectivity index is 1.81. The van der Waals surface area contributed by atoms with E-state index in [1.54, 1.807) is 23.2 Å². The van der Waals surface area contributed by atoms with Crippen LogP contribution in [0, 0.1) is 21.7 Å². The van der Waals surface area contributed by atoms with Crippen LogP contribution in [-0.2, 0) is 6.54 Å². The van der Waals surface area contributed by atoms with E-state index in [9.17, 15) is 18.9 Å². The third-order valence-electron chi connectivity index (χ3n) is 3.70. The minimum atomic E-state index is -1.18. The van der Waals surface area contributed by atoms with Gasteiger partial charge in [0.1, 0.15) is 10.8 Å². The normalized spacial score (nSPS) is 14.3. The predicted octanol–water partition coefficient (Wildman–Crippen LogP) is 2.93. The van der Waals surface area contributed by atoms with Gasteiger partial charge >= 0.3 is 5.84 Å².